The maximum atomic E-state index is 11.9. The molecule has 2 N–H and O–H groups in total. The Bertz CT molecular complexity index is 598. The number of hydrogen-bond donors (Lipinski definition) is 2. The number of aromatic nitrogens is 1. The van der Waals surface area contributed by atoms with Gasteiger partial charge >= 0.3 is 0 Å². The summed E-state index contributed by atoms with van der Waals surface area (Å²) in [6, 6.07) is 7.36. The van der Waals surface area contributed by atoms with Crippen molar-refractivity contribution in [2.45, 2.75) is 13.8 Å². The van der Waals surface area contributed by atoms with Gasteiger partial charge in [-0.15, -0.1) is 11.3 Å². The summed E-state index contributed by atoms with van der Waals surface area (Å²) in [5.41, 5.74) is 1.28. The van der Waals surface area contributed by atoms with Crippen LogP contribution in [0.3, 0.4) is 0 Å². The lowest BCUT2D eigenvalue weighted by Gasteiger charge is -2.05. The molecule has 1 aromatic carbocycles. The molecule has 0 aliphatic rings. The van der Waals surface area contributed by atoms with Crippen molar-refractivity contribution in [3.8, 4) is 0 Å². The minimum absolute atomic E-state index is 0.144. The van der Waals surface area contributed by atoms with Gasteiger partial charge in [0.25, 0.3) is 5.91 Å². The first kappa shape index (κ1) is 14.8. The lowest BCUT2D eigenvalue weighted by molar-refractivity contribution is 0.0945. The third-order valence-corrected chi connectivity index (χ3v) is 3.48. The molecule has 0 saturated heterocycles. The van der Waals surface area contributed by atoms with Crippen molar-refractivity contribution in [2.24, 2.45) is 5.92 Å². The second kappa shape index (κ2) is 6.72. The van der Waals surface area contributed by atoms with Gasteiger partial charge in [-0.3, -0.25) is 4.79 Å². The highest BCUT2D eigenvalue weighted by Gasteiger charge is 2.11. The summed E-state index contributed by atoms with van der Waals surface area (Å²) in [6.45, 7) is 4.74. The van der Waals surface area contributed by atoms with Gasteiger partial charge in [0.05, 0.1) is 0 Å². The van der Waals surface area contributed by atoms with E-state index in [1.165, 1.54) is 11.3 Å². The van der Waals surface area contributed by atoms with Crippen molar-refractivity contribution < 1.29 is 4.79 Å². The molecular weight excluding hydrogens is 294 g/mol. The van der Waals surface area contributed by atoms with Crippen LogP contribution >= 0.6 is 22.9 Å². The van der Waals surface area contributed by atoms with Gasteiger partial charge < -0.3 is 10.6 Å². The largest absolute Gasteiger partial charge is 0.350 e. The second-order valence-electron chi connectivity index (χ2n) is 4.78. The summed E-state index contributed by atoms with van der Waals surface area (Å²) in [5.74, 6) is 0.274. The fourth-order valence-electron chi connectivity index (χ4n) is 1.51. The van der Waals surface area contributed by atoms with Crippen molar-refractivity contribution in [3.05, 3.63) is 40.4 Å². The fourth-order valence-corrected chi connectivity index (χ4v) is 2.41. The maximum absolute atomic E-state index is 11.9. The van der Waals surface area contributed by atoms with Gasteiger partial charge in [0.2, 0.25) is 0 Å². The number of halogens is 1. The third-order valence-electron chi connectivity index (χ3n) is 2.48. The molecule has 0 aliphatic heterocycles. The molecule has 1 aromatic heterocycles. The molecule has 2 aromatic rings. The quantitative estimate of drug-likeness (QED) is 0.880. The molecule has 0 aliphatic carbocycles. The van der Waals surface area contributed by atoms with E-state index in [1.54, 1.807) is 11.4 Å². The van der Waals surface area contributed by atoms with Crippen molar-refractivity contribution in [2.75, 3.05) is 11.9 Å². The molecule has 4 nitrogen and oxygen atoms in total. The molecule has 0 unspecified atom stereocenters. The summed E-state index contributed by atoms with van der Waals surface area (Å²) < 4.78 is 0. The zero-order valence-corrected chi connectivity index (χ0v) is 12.9. The van der Waals surface area contributed by atoms with Gasteiger partial charge in [-0.1, -0.05) is 31.5 Å². The molecule has 0 fully saturated rings. The van der Waals surface area contributed by atoms with Crippen LogP contribution in [0.2, 0.25) is 5.02 Å². The Balaban J connectivity index is 2.00. The molecule has 106 valence electrons. The second-order valence-corrected chi connectivity index (χ2v) is 6.07. The Morgan fingerprint density at radius 1 is 1.45 bits per heavy atom. The van der Waals surface area contributed by atoms with E-state index in [0.717, 1.165) is 5.69 Å². The van der Waals surface area contributed by atoms with E-state index in [1.807, 2.05) is 32.0 Å². The standard InChI is InChI=1S/C14H16ClN3OS/c1-9(2)7-16-13(19)12-8-20-14(18-12)17-11-5-3-4-10(15)6-11/h3-6,8-9H,7H2,1-2H3,(H,16,19)(H,17,18). The van der Waals surface area contributed by atoms with E-state index < -0.39 is 0 Å². The minimum Gasteiger partial charge on any atom is -0.350 e. The van der Waals surface area contributed by atoms with Crippen LogP contribution in [0, 0.1) is 5.92 Å². The molecule has 2 rings (SSSR count). The summed E-state index contributed by atoms with van der Waals surface area (Å²) in [7, 11) is 0. The van der Waals surface area contributed by atoms with E-state index in [0.29, 0.717) is 28.3 Å². The molecule has 1 amide bonds. The van der Waals surface area contributed by atoms with E-state index in [-0.39, 0.29) is 5.91 Å². The van der Waals surface area contributed by atoms with Crippen LogP contribution in [-0.2, 0) is 0 Å². The monoisotopic (exact) mass is 309 g/mol. The minimum atomic E-state index is -0.144. The molecular formula is C14H16ClN3OS. The molecule has 0 atom stereocenters. The molecule has 0 spiro atoms. The van der Waals surface area contributed by atoms with Crippen LogP contribution in [0.1, 0.15) is 24.3 Å². The van der Waals surface area contributed by atoms with Gasteiger partial charge in [-0.2, -0.15) is 0 Å². The van der Waals surface area contributed by atoms with Crippen LogP contribution in [0.5, 0.6) is 0 Å². The van der Waals surface area contributed by atoms with Gasteiger partial charge in [-0.05, 0) is 24.1 Å². The van der Waals surface area contributed by atoms with Crippen molar-refractivity contribution in [3.63, 3.8) is 0 Å². The number of benzene rings is 1. The lowest BCUT2D eigenvalue weighted by Crippen LogP contribution is -2.27. The molecule has 1 heterocycles. The highest BCUT2D eigenvalue weighted by Crippen LogP contribution is 2.23. The smallest absolute Gasteiger partial charge is 0.270 e. The number of thiazole rings is 1. The average molecular weight is 310 g/mol. The number of amides is 1. The molecule has 0 bridgehead atoms. The van der Waals surface area contributed by atoms with Crippen molar-refractivity contribution in [1.82, 2.24) is 10.3 Å². The number of anilines is 2. The fraction of sp³-hybridized carbons (Fsp3) is 0.286. The first-order valence-electron chi connectivity index (χ1n) is 6.31. The van der Waals surface area contributed by atoms with Crippen molar-refractivity contribution in [1.29, 1.82) is 0 Å². The Morgan fingerprint density at radius 2 is 2.25 bits per heavy atom. The lowest BCUT2D eigenvalue weighted by atomic mass is 10.2. The van der Waals surface area contributed by atoms with E-state index >= 15 is 0 Å². The number of carbonyl (C=O) groups excluding carboxylic acids is 1. The van der Waals surface area contributed by atoms with Crippen LogP contribution in [-0.4, -0.2) is 17.4 Å². The van der Waals surface area contributed by atoms with Crippen LogP contribution < -0.4 is 10.6 Å². The highest BCUT2D eigenvalue weighted by molar-refractivity contribution is 7.14. The van der Waals surface area contributed by atoms with Gasteiger partial charge in [-0.25, -0.2) is 4.98 Å². The number of carbonyl (C=O) groups is 1. The van der Waals surface area contributed by atoms with Gasteiger partial charge in [0, 0.05) is 22.6 Å². The number of nitrogens with zero attached hydrogens (tertiary/aromatic N) is 1. The van der Waals surface area contributed by atoms with Crippen LogP contribution in [0.4, 0.5) is 10.8 Å². The molecule has 0 saturated carbocycles. The van der Waals surface area contributed by atoms with E-state index in [9.17, 15) is 4.79 Å². The first-order chi connectivity index (χ1) is 9.54. The Morgan fingerprint density at radius 3 is 2.95 bits per heavy atom. The Hall–Kier alpha value is -1.59. The first-order valence-corrected chi connectivity index (χ1v) is 7.56. The van der Waals surface area contributed by atoms with E-state index in [4.69, 9.17) is 11.6 Å². The predicted octanol–water partition coefficient (Wildman–Crippen LogP) is 3.93. The molecule has 20 heavy (non-hydrogen) atoms. The normalized spacial score (nSPS) is 10.6. The van der Waals surface area contributed by atoms with Crippen LogP contribution in [0.25, 0.3) is 0 Å². The van der Waals surface area contributed by atoms with Crippen LogP contribution in [0.15, 0.2) is 29.6 Å². The van der Waals surface area contributed by atoms with Gasteiger partial charge in [0.1, 0.15) is 5.69 Å². The SMILES string of the molecule is CC(C)CNC(=O)c1csc(Nc2cccc(Cl)c2)n1. The summed E-state index contributed by atoms with van der Waals surface area (Å²) >= 11 is 7.30. The summed E-state index contributed by atoms with van der Waals surface area (Å²) in [6.07, 6.45) is 0. The third kappa shape index (κ3) is 4.21. The Labute approximate surface area is 127 Å². The number of rotatable bonds is 5. The number of nitrogens with one attached hydrogen (secondary N) is 2. The van der Waals surface area contributed by atoms with E-state index in [2.05, 4.69) is 15.6 Å². The summed E-state index contributed by atoms with van der Waals surface area (Å²) in [5, 5.41) is 9.03. The van der Waals surface area contributed by atoms with Gasteiger partial charge in [0.15, 0.2) is 5.13 Å². The zero-order valence-electron chi connectivity index (χ0n) is 11.3. The predicted molar refractivity (Wildman–Crippen MR) is 84.0 cm³/mol. The highest BCUT2D eigenvalue weighted by atomic mass is 35.5. The molecule has 6 heteroatoms. The maximum Gasteiger partial charge on any atom is 0.270 e. The number of hydrogen-bond acceptors (Lipinski definition) is 4. The topological polar surface area (TPSA) is 54.0 Å². The molecule has 0 radical (unpaired) electrons. The summed E-state index contributed by atoms with van der Waals surface area (Å²) in [4.78, 5) is 16.1. The zero-order chi connectivity index (χ0) is 14.5. The Kier molecular flexibility index (Phi) is 4.98. The van der Waals surface area contributed by atoms with Crippen molar-refractivity contribution >= 4 is 39.7 Å². The average Bonchev–Trinajstić information content (AvgIpc) is 2.84.